The molecule has 0 saturated heterocycles. The molecular weight excluding hydrogens is 432 g/mol. The van der Waals surface area contributed by atoms with E-state index in [9.17, 15) is 9.59 Å². The molecule has 1 N–H and O–H groups in total. The topological polar surface area (TPSA) is 81.0 Å². The molecule has 0 aliphatic rings. The average molecular weight is 465 g/mol. The van der Waals surface area contributed by atoms with E-state index in [1.807, 2.05) is 52.0 Å². The van der Waals surface area contributed by atoms with E-state index in [2.05, 4.69) is 5.32 Å². The molecule has 1 heterocycles. The highest BCUT2D eigenvalue weighted by molar-refractivity contribution is 5.98. The lowest BCUT2D eigenvalue weighted by Crippen LogP contribution is -2.49. The summed E-state index contributed by atoms with van der Waals surface area (Å²) in [6.45, 7) is 7.80. The molecule has 0 saturated carbocycles. The summed E-state index contributed by atoms with van der Waals surface area (Å²) >= 11 is 0. The number of amides is 2. The van der Waals surface area contributed by atoms with Gasteiger partial charge < -0.3 is 24.1 Å². The van der Waals surface area contributed by atoms with Crippen molar-refractivity contribution in [3.05, 3.63) is 83.3 Å². The van der Waals surface area contributed by atoms with Gasteiger partial charge in [0.25, 0.3) is 5.91 Å². The van der Waals surface area contributed by atoms with Crippen molar-refractivity contribution < 1.29 is 23.5 Å². The number of nitrogens with one attached hydrogen (secondary N) is 1. The van der Waals surface area contributed by atoms with Crippen molar-refractivity contribution in [3.63, 3.8) is 0 Å². The van der Waals surface area contributed by atoms with Gasteiger partial charge in [0.15, 0.2) is 11.5 Å². The quantitative estimate of drug-likeness (QED) is 0.513. The molecule has 0 aliphatic heterocycles. The molecule has 0 bridgehead atoms. The Labute approximate surface area is 200 Å². The highest BCUT2D eigenvalue weighted by Gasteiger charge is 2.34. The van der Waals surface area contributed by atoms with E-state index in [0.717, 1.165) is 5.56 Å². The first kappa shape index (κ1) is 24.9. The second-order valence-electron chi connectivity index (χ2n) is 9.13. The number of methoxy groups -OCH3 is 2. The maximum absolute atomic E-state index is 13.9. The zero-order chi connectivity index (χ0) is 24.9. The molecule has 34 heavy (non-hydrogen) atoms. The molecule has 0 radical (unpaired) electrons. The minimum Gasteiger partial charge on any atom is -0.493 e. The third-order valence-electron chi connectivity index (χ3n) is 5.25. The first-order valence-corrected chi connectivity index (χ1v) is 11.1. The Kier molecular flexibility index (Phi) is 7.66. The van der Waals surface area contributed by atoms with Crippen molar-refractivity contribution in [2.75, 3.05) is 14.2 Å². The Hall–Kier alpha value is -3.74. The lowest BCUT2D eigenvalue weighted by atomic mass is 9.99. The van der Waals surface area contributed by atoms with Gasteiger partial charge in [-0.2, -0.15) is 0 Å². The zero-order valence-corrected chi connectivity index (χ0v) is 20.5. The smallest absolute Gasteiger partial charge is 0.255 e. The van der Waals surface area contributed by atoms with Crippen molar-refractivity contribution in [2.24, 2.45) is 0 Å². The van der Waals surface area contributed by atoms with Crippen molar-refractivity contribution in [3.8, 4) is 11.5 Å². The maximum atomic E-state index is 13.9. The van der Waals surface area contributed by atoms with Gasteiger partial charge in [-0.3, -0.25) is 9.59 Å². The standard InChI is InChI=1S/C27H32N2O5/c1-18-9-11-19(12-10-18)24(25(30)28-27(2,3)4)29(17-21-8-7-15-34-21)26(31)20-13-14-22(32-5)23(16-20)33-6/h7-16,24H,17H2,1-6H3,(H,28,30)/t24-/m0/s1. The third kappa shape index (κ3) is 5.98. The van der Waals surface area contributed by atoms with Crippen LogP contribution in [-0.4, -0.2) is 36.5 Å². The molecule has 2 amide bonds. The molecule has 0 fully saturated rings. The van der Waals surface area contributed by atoms with Crippen LogP contribution in [0.1, 0.15) is 54.1 Å². The lowest BCUT2D eigenvalue weighted by Gasteiger charge is -2.33. The summed E-state index contributed by atoms with van der Waals surface area (Å²) in [5.74, 6) is 0.882. The number of carbonyl (C=O) groups is 2. The average Bonchev–Trinajstić information content (AvgIpc) is 3.31. The number of rotatable bonds is 8. The predicted molar refractivity (Wildman–Crippen MR) is 130 cm³/mol. The zero-order valence-electron chi connectivity index (χ0n) is 20.5. The minimum absolute atomic E-state index is 0.107. The number of benzene rings is 2. The van der Waals surface area contributed by atoms with E-state index in [1.54, 1.807) is 36.6 Å². The Morgan fingerprint density at radius 3 is 2.24 bits per heavy atom. The highest BCUT2D eigenvalue weighted by atomic mass is 16.5. The maximum Gasteiger partial charge on any atom is 0.255 e. The number of aryl methyl sites for hydroxylation is 1. The number of nitrogens with zero attached hydrogens (tertiary/aromatic N) is 1. The summed E-state index contributed by atoms with van der Waals surface area (Å²) in [5.41, 5.74) is 1.64. The predicted octanol–water partition coefficient (Wildman–Crippen LogP) is 4.90. The van der Waals surface area contributed by atoms with Gasteiger partial charge in [-0.05, 0) is 63.6 Å². The molecule has 0 unspecified atom stereocenters. The van der Waals surface area contributed by atoms with Crippen LogP contribution in [0.25, 0.3) is 0 Å². The van der Waals surface area contributed by atoms with E-state index < -0.39 is 11.6 Å². The van der Waals surface area contributed by atoms with Gasteiger partial charge in [-0.15, -0.1) is 0 Å². The van der Waals surface area contributed by atoms with Crippen molar-refractivity contribution in [1.29, 1.82) is 0 Å². The van der Waals surface area contributed by atoms with E-state index in [0.29, 0.717) is 28.4 Å². The van der Waals surface area contributed by atoms with Gasteiger partial charge in [-0.1, -0.05) is 29.8 Å². The van der Waals surface area contributed by atoms with Crippen LogP contribution in [0.4, 0.5) is 0 Å². The summed E-state index contributed by atoms with van der Waals surface area (Å²) in [4.78, 5) is 29.0. The third-order valence-corrected chi connectivity index (χ3v) is 5.25. The van der Waals surface area contributed by atoms with Gasteiger partial charge >= 0.3 is 0 Å². The van der Waals surface area contributed by atoms with Crippen LogP contribution < -0.4 is 14.8 Å². The van der Waals surface area contributed by atoms with Gasteiger partial charge in [0.05, 0.1) is 27.0 Å². The molecule has 7 nitrogen and oxygen atoms in total. The highest BCUT2D eigenvalue weighted by Crippen LogP contribution is 2.31. The summed E-state index contributed by atoms with van der Waals surface area (Å²) in [7, 11) is 3.05. The Balaban J connectivity index is 2.11. The fourth-order valence-corrected chi connectivity index (χ4v) is 3.65. The molecule has 1 atom stereocenters. The molecule has 1 aromatic heterocycles. The molecule has 7 heteroatoms. The summed E-state index contributed by atoms with van der Waals surface area (Å²) < 4.78 is 16.2. The Morgan fingerprint density at radius 2 is 1.68 bits per heavy atom. The second kappa shape index (κ2) is 10.5. The van der Waals surface area contributed by atoms with Crippen LogP contribution in [0, 0.1) is 6.92 Å². The molecular formula is C27H32N2O5. The van der Waals surface area contributed by atoms with Crippen LogP contribution >= 0.6 is 0 Å². The van der Waals surface area contributed by atoms with Crippen LogP contribution in [0.15, 0.2) is 65.3 Å². The van der Waals surface area contributed by atoms with Gasteiger partial charge in [0.2, 0.25) is 5.91 Å². The van der Waals surface area contributed by atoms with E-state index in [1.165, 1.54) is 19.1 Å². The first-order valence-electron chi connectivity index (χ1n) is 11.1. The van der Waals surface area contributed by atoms with E-state index >= 15 is 0 Å². The van der Waals surface area contributed by atoms with Crippen molar-refractivity contribution in [1.82, 2.24) is 10.2 Å². The van der Waals surface area contributed by atoms with Crippen LogP contribution in [0.2, 0.25) is 0 Å². The van der Waals surface area contributed by atoms with E-state index in [-0.39, 0.29) is 18.4 Å². The van der Waals surface area contributed by atoms with E-state index in [4.69, 9.17) is 13.9 Å². The normalized spacial score (nSPS) is 12.1. The number of hydrogen-bond donors (Lipinski definition) is 1. The lowest BCUT2D eigenvalue weighted by molar-refractivity contribution is -0.127. The van der Waals surface area contributed by atoms with Gasteiger partial charge in [0.1, 0.15) is 11.8 Å². The molecule has 3 rings (SSSR count). The second-order valence-corrected chi connectivity index (χ2v) is 9.13. The fraction of sp³-hybridized carbons (Fsp3) is 0.333. The van der Waals surface area contributed by atoms with Crippen LogP contribution in [-0.2, 0) is 11.3 Å². The van der Waals surface area contributed by atoms with Gasteiger partial charge in [0, 0.05) is 11.1 Å². The number of furan rings is 1. The monoisotopic (exact) mass is 464 g/mol. The molecule has 3 aromatic rings. The van der Waals surface area contributed by atoms with Crippen LogP contribution in [0.5, 0.6) is 11.5 Å². The van der Waals surface area contributed by atoms with Gasteiger partial charge in [-0.25, -0.2) is 0 Å². The van der Waals surface area contributed by atoms with Crippen molar-refractivity contribution >= 4 is 11.8 Å². The fourth-order valence-electron chi connectivity index (χ4n) is 3.65. The summed E-state index contributed by atoms with van der Waals surface area (Å²) in [5, 5.41) is 3.03. The van der Waals surface area contributed by atoms with Crippen LogP contribution in [0.3, 0.4) is 0 Å². The molecule has 0 spiro atoms. The first-order chi connectivity index (χ1) is 16.1. The molecule has 180 valence electrons. The largest absolute Gasteiger partial charge is 0.493 e. The number of ether oxygens (including phenoxy) is 2. The number of carbonyl (C=O) groups excluding carboxylic acids is 2. The van der Waals surface area contributed by atoms with Crippen molar-refractivity contribution in [2.45, 2.75) is 45.8 Å². The molecule has 0 aliphatic carbocycles. The Morgan fingerprint density at radius 1 is 1.00 bits per heavy atom. The SMILES string of the molecule is COc1ccc(C(=O)N(Cc2ccco2)[C@H](C(=O)NC(C)(C)C)c2ccc(C)cc2)cc1OC. The Bertz CT molecular complexity index is 1110. The summed E-state index contributed by atoms with van der Waals surface area (Å²) in [6, 6.07) is 15.2. The summed E-state index contributed by atoms with van der Waals surface area (Å²) in [6.07, 6.45) is 1.55. The minimum atomic E-state index is -0.884. The number of hydrogen-bond acceptors (Lipinski definition) is 5. The molecule has 2 aromatic carbocycles.